The van der Waals surface area contributed by atoms with Crippen molar-refractivity contribution < 1.29 is 18.8 Å². The molecule has 10 nitrogen and oxygen atoms in total. The van der Waals surface area contributed by atoms with Gasteiger partial charge in [0.1, 0.15) is 18.1 Å². The summed E-state index contributed by atoms with van der Waals surface area (Å²) in [6.07, 6.45) is 0. The molecule has 3 heterocycles. The van der Waals surface area contributed by atoms with Crippen LogP contribution >= 0.6 is 11.8 Å². The van der Waals surface area contributed by atoms with Crippen LogP contribution in [0.2, 0.25) is 0 Å². The Kier molecular flexibility index (Phi) is 6.41. The van der Waals surface area contributed by atoms with E-state index in [1.54, 1.807) is 12.0 Å². The Morgan fingerprint density at radius 2 is 2.00 bits per heavy atom. The Balaban J connectivity index is 1.32. The molecule has 2 aromatic carbocycles. The first kappa shape index (κ1) is 22.9. The summed E-state index contributed by atoms with van der Waals surface area (Å²) in [5, 5.41) is 13.2. The highest BCUT2D eigenvalue weighted by Gasteiger charge is 2.25. The predicted molar refractivity (Wildman–Crippen MR) is 131 cm³/mol. The van der Waals surface area contributed by atoms with Crippen LogP contribution in [-0.2, 0) is 11.3 Å². The zero-order chi connectivity index (χ0) is 24.4. The van der Waals surface area contributed by atoms with E-state index in [1.807, 2.05) is 60.9 Å². The summed E-state index contributed by atoms with van der Waals surface area (Å²) in [4.78, 5) is 19.3. The molecule has 0 N–H and O–H groups in total. The molecule has 11 heteroatoms. The molecule has 0 fully saturated rings. The van der Waals surface area contributed by atoms with E-state index in [9.17, 15) is 4.79 Å². The van der Waals surface area contributed by atoms with Crippen LogP contribution in [0.3, 0.4) is 0 Å². The molecule has 0 bridgehead atoms. The van der Waals surface area contributed by atoms with Crippen molar-refractivity contribution in [3.05, 3.63) is 48.0 Å². The first-order valence-electron chi connectivity index (χ1n) is 11.2. The van der Waals surface area contributed by atoms with Gasteiger partial charge < -0.3 is 18.9 Å². The fourth-order valence-corrected chi connectivity index (χ4v) is 4.68. The highest BCUT2D eigenvalue weighted by molar-refractivity contribution is 7.99. The Morgan fingerprint density at radius 1 is 1.17 bits per heavy atom. The van der Waals surface area contributed by atoms with E-state index in [-0.39, 0.29) is 17.6 Å². The van der Waals surface area contributed by atoms with E-state index >= 15 is 0 Å². The van der Waals surface area contributed by atoms with Crippen LogP contribution in [-0.4, -0.2) is 56.8 Å². The van der Waals surface area contributed by atoms with Crippen LogP contribution in [0.5, 0.6) is 11.5 Å². The fraction of sp³-hybridized carbons (Fsp3) is 0.292. The van der Waals surface area contributed by atoms with E-state index in [0.29, 0.717) is 36.5 Å². The van der Waals surface area contributed by atoms with Crippen molar-refractivity contribution in [2.75, 3.05) is 30.9 Å². The molecule has 0 atom stereocenters. The molecule has 4 aromatic rings. The van der Waals surface area contributed by atoms with Crippen LogP contribution in [0.15, 0.2) is 52.1 Å². The largest absolute Gasteiger partial charge is 0.497 e. The molecule has 1 aliphatic heterocycles. The maximum absolute atomic E-state index is 13.1. The van der Waals surface area contributed by atoms with Gasteiger partial charge in [-0.1, -0.05) is 23.0 Å². The van der Waals surface area contributed by atoms with Crippen molar-refractivity contribution in [3.8, 4) is 34.6 Å². The van der Waals surface area contributed by atoms with Crippen molar-refractivity contribution in [2.24, 2.45) is 0 Å². The van der Waals surface area contributed by atoms with Gasteiger partial charge in [-0.15, -0.1) is 10.2 Å². The van der Waals surface area contributed by atoms with Gasteiger partial charge >= 0.3 is 0 Å². The van der Waals surface area contributed by atoms with Crippen molar-refractivity contribution >= 4 is 23.4 Å². The zero-order valence-corrected chi connectivity index (χ0v) is 20.4. The lowest BCUT2D eigenvalue weighted by molar-refractivity contribution is -0.116. The highest BCUT2D eigenvalue weighted by atomic mass is 32.2. The van der Waals surface area contributed by atoms with Crippen LogP contribution in [0.25, 0.3) is 23.1 Å². The van der Waals surface area contributed by atoms with Gasteiger partial charge in [-0.25, -0.2) is 0 Å². The number of carbonyl (C=O) groups is 1. The number of fused-ring (bicyclic) bond motifs is 1. The van der Waals surface area contributed by atoms with Gasteiger partial charge in [0.25, 0.3) is 5.89 Å². The number of aryl methyl sites for hydroxylation is 1. The quantitative estimate of drug-likeness (QED) is 0.355. The summed E-state index contributed by atoms with van der Waals surface area (Å²) < 4.78 is 18.2. The molecule has 2 aromatic heterocycles. The molecule has 0 radical (unpaired) electrons. The number of carbonyl (C=O) groups excluding carboxylic acids is 1. The zero-order valence-electron chi connectivity index (χ0n) is 19.6. The number of benzene rings is 2. The lowest BCUT2D eigenvalue weighted by Crippen LogP contribution is -2.39. The summed E-state index contributed by atoms with van der Waals surface area (Å²) in [5.74, 6) is 2.84. The van der Waals surface area contributed by atoms with E-state index in [0.717, 1.165) is 28.3 Å². The minimum absolute atomic E-state index is 0.0167. The number of amides is 1. The number of hydrogen-bond donors (Lipinski definition) is 0. The number of ether oxygens (including phenoxy) is 2. The van der Waals surface area contributed by atoms with E-state index in [4.69, 9.17) is 14.0 Å². The van der Waals surface area contributed by atoms with Crippen molar-refractivity contribution in [2.45, 2.75) is 25.5 Å². The van der Waals surface area contributed by atoms with Gasteiger partial charge in [0.15, 0.2) is 5.16 Å². The molecule has 1 aliphatic rings. The number of aromatic nitrogens is 5. The number of hydrogen-bond acceptors (Lipinski definition) is 9. The molecule has 0 unspecified atom stereocenters. The summed E-state index contributed by atoms with van der Waals surface area (Å²) in [6, 6.07) is 13.2. The lowest BCUT2D eigenvalue weighted by Gasteiger charge is -2.29. The summed E-state index contributed by atoms with van der Waals surface area (Å²) in [6.45, 7) is 5.53. The third-order valence-corrected chi connectivity index (χ3v) is 6.55. The number of anilines is 1. The molecule has 180 valence electrons. The van der Waals surface area contributed by atoms with E-state index in [1.165, 1.54) is 11.8 Å². The van der Waals surface area contributed by atoms with Crippen molar-refractivity contribution in [1.82, 2.24) is 24.9 Å². The fourth-order valence-electron chi connectivity index (χ4n) is 3.80. The van der Waals surface area contributed by atoms with Gasteiger partial charge in [0.2, 0.25) is 17.6 Å². The Labute approximate surface area is 206 Å². The van der Waals surface area contributed by atoms with Gasteiger partial charge in [-0.2, -0.15) is 4.98 Å². The first-order chi connectivity index (χ1) is 17.1. The van der Waals surface area contributed by atoms with Gasteiger partial charge in [-0.05, 0) is 55.8 Å². The van der Waals surface area contributed by atoms with E-state index < -0.39 is 0 Å². The van der Waals surface area contributed by atoms with E-state index in [2.05, 4.69) is 20.3 Å². The summed E-state index contributed by atoms with van der Waals surface area (Å²) in [7, 11) is 1.61. The molecule has 35 heavy (non-hydrogen) atoms. The van der Waals surface area contributed by atoms with Gasteiger partial charge in [0, 0.05) is 12.1 Å². The maximum atomic E-state index is 13.1. The monoisotopic (exact) mass is 492 g/mol. The Hall–Kier alpha value is -3.86. The molecular formula is C24H24N6O4S. The smallest absolute Gasteiger partial charge is 0.296 e. The topological polar surface area (TPSA) is 108 Å². The maximum Gasteiger partial charge on any atom is 0.296 e. The molecule has 0 aliphatic carbocycles. The van der Waals surface area contributed by atoms with Crippen LogP contribution in [0.1, 0.15) is 12.5 Å². The van der Waals surface area contributed by atoms with Crippen LogP contribution in [0, 0.1) is 6.92 Å². The summed E-state index contributed by atoms with van der Waals surface area (Å²) >= 11 is 1.33. The third-order valence-electron chi connectivity index (χ3n) is 5.60. The Bertz CT molecular complexity index is 1350. The highest BCUT2D eigenvalue weighted by Crippen LogP contribution is 2.33. The second-order valence-corrected chi connectivity index (χ2v) is 8.80. The van der Waals surface area contributed by atoms with Gasteiger partial charge in [0.05, 0.1) is 25.1 Å². The van der Waals surface area contributed by atoms with Crippen molar-refractivity contribution in [1.29, 1.82) is 0 Å². The number of thioether (sulfide) groups is 1. The Morgan fingerprint density at radius 3 is 2.77 bits per heavy atom. The second kappa shape index (κ2) is 9.79. The average Bonchev–Trinajstić information content (AvgIpc) is 3.54. The average molecular weight is 493 g/mol. The number of methoxy groups -OCH3 is 1. The molecule has 0 saturated carbocycles. The molecule has 5 rings (SSSR count). The molecule has 0 saturated heterocycles. The molecule has 0 spiro atoms. The minimum atomic E-state index is -0.0167. The lowest BCUT2D eigenvalue weighted by atomic mass is 10.1. The van der Waals surface area contributed by atoms with Crippen LogP contribution < -0.4 is 14.4 Å². The standard InChI is InChI=1S/C24H24N6O4S/c1-4-29-22(23-25-21(28-34-23)16-6-8-17(32-3)9-7-16)26-27-24(29)35-14-20(31)30-11-12-33-19-10-5-15(2)13-18(19)30/h5-10,13H,4,11-12,14H2,1-3H3. The minimum Gasteiger partial charge on any atom is -0.497 e. The predicted octanol–water partition coefficient (Wildman–Crippen LogP) is 3.85. The first-order valence-corrected chi connectivity index (χ1v) is 12.1. The van der Waals surface area contributed by atoms with Crippen molar-refractivity contribution in [3.63, 3.8) is 0 Å². The second-order valence-electron chi connectivity index (χ2n) is 7.86. The molecule has 1 amide bonds. The number of rotatable bonds is 7. The van der Waals surface area contributed by atoms with Gasteiger partial charge in [-0.3, -0.25) is 9.36 Å². The normalized spacial score (nSPS) is 12.8. The summed E-state index contributed by atoms with van der Waals surface area (Å²) in [5.41, 5.74) is 2.67. The molecular weight excluding hydrogens is 468 g/mol. The SMILES string of the molecule is CCn1c(SCC(=O)N2CCOc3ccc(C)cc32)nnc1-c1nc(-c2ccc(OC)cc2)no1. The number of nitrogens with zero attached hydrogens (tertiary/aromatic N) is 6. The van der Waals surface area contributed by atoms with Crippen LogP contribution in [0.4, 0.5) is 5.69 Å². The third kappa shape index (κ3) is 4.59.